The molecule has 1 saturated heterocycles. The van der Waals surface area contributed by atoms with Gasteiger partial charge in [0.1, 0.15) is 5.84 Å². The van der Waals surface area contributed by atoms with E-state index in [0.29, 0.717) is 41.9 Å². The molecule has 1 atom stereocenters. The van der Waals surface area contributed by atoms with Crippen LogP contribution in [0, 0.1) is 0 Å². The first kappa shape index (κ1) is 21.3. The minimum absolute atomic E-state index is 0.000167. The van der Waals surface area contributed by atoms with Crippen molar-refractivity contribution in [3.8, 4) is 0 Å². The van der Waals surface area contributed by atoms with Gasteiger partial charge in [0.2, 0.25) is 5.91 Å². The largest absolute Gasteiger partial charge is 0.383 e. The zero-order valence-electron chi connectivity index (χ0n) is 16.3. The Kier molecular flexibility index (Phi) is 7.54. The van der Waals surface area contributed by atoms with Crippen LogP contribution in [-0.4, -0.2) is 81.1 Å². The summed E-state index contributed by atoms with van der Waals surface area (Å²) in [6, 6.07) is 5.59. The Morgan fingerprint density at radius 1 is 1.29 bits per heavy atom. The van der Waals surface area contributed by atoms with Crippen molar-refractivity contribution in [2.45, 2.75) is 18.9 Å². The van der Waals surface area contributed by atoms with Gasteiger partial charge in [-0.1, -0.05) is 23.2 Å². The predicted molar refractivity (Wildman–Crippen MR) is 113 cm³/mol. The number of anilines is 1. The molecule has 154 valence electrons. The van der Waals surface area contributed by atoms with Gasteiger partial charge >= 0.3 is 0 Å². The van der Waals surface area contributed by atoms with E-state index >= 15 is 0 Å². The fourth-order valence-electron chi connectivity index (χ4n) is 3.46. The molecule has 0 radical (unpaired) electrons. The van der Waals surface area contributed by atoms with E-state index in [1.807, 2.05) is 11.1 Å². The smallest absolute Gasteiger partial charge is 0.226 e. The highest BCUT2D eigenvalue weighted by Gasteiger charge is 2.27. The highest BCUT2D eigenvalue weighted by atomic mass is 35.5. The summed E-state index contributed by atoms with van der Waals surface area (Å²) >= 11 is 12.1. The zero-order valence-corrected chi connectivity index (χ0v) is 17.8. The zero-order chi connectivity index (χ0) is 20.1. The molecule has 0 spiro atoms. The molecule has 0 aromatic heterocycles. The maximum atomic E-state index is 12.6. The Bertz CT molecular complexity index is 728. The molecule has 7 nitrogen and oxygen atoms in total. The molecule has 2 heterocycles. The van der Waals surface area contributed by atoms with Gasteiger partial charge in [-0.05, 0) is 25.2 Å². The first-order valence-corrected chi connectivity index (χ1v) is 10.2. The van der Waals surface area contributed by atoms with Crippen molar-refractivity contribution in [3.05, 3.63) is 28.2 Å². The van der Waals surface area contributed by atoms with E-state index in [1.54, 1.807) is 19.2 Å². The number of methoxy groups -OCH3 is 1. The highest BCUT2D eigenvalue weighted by molar-refractivity contribution is 6.42. The van der Waals surface area contributed by atoms with E-state index in [0.717, 1.165) is 31.9 Å². The third-order valence-electron chi connectivity index (χ3n) is 5.18. The molecule has 0 saturated carbocycles. The minimum Gasteiger partial charge on any atom is -0.383 e. The Morgan fingerprint density at radius 3 is 2.86 bits per heavy atom. The van der Waals surface area contributed by atoms with Crippen molar-refractivity contribution in [1.82, 2.24) is 15.1 Å². The van der Waals surface area contributed by atoms with Gasteiger partial charge in [0.25, 0.3) is 0 Å². The number of nitrogens with one attached hydrogen (secondary N) is 1. The van der Waals surface area contributed by atoms with Crippen LogP contribution in [0.1, 0.15) is 12.8 Å². The number of hydrogen-bond acceptors (Lipinski definition) is 6. The number of likely N-dealkylation sites (N-methyl/N-ethyl adjacent to an activating group) is 1. The molecule has 1 amide bonds. The third-order valence-corrected chi connectivity index (χ3v) is 5.92. The van der Waals surface area contributed by atoms with Gasteiger partial charge in [0.05, 0.1) is 22.3 Å². The van der Waals surface area contributed by atoms with Crippen LogP contribution in [0.2, 0.25) is 10.0 Å². The van der Waals surface area contributed by atoms with Gasteiger partial charge in [-0.3, -0.25) is 14.7 Å². The summed E-state index contributed by atoms with van der Waals surface area (Å²) in [5.41, 5.74) is 0.861. The second-order valence-corrected chi connectivity index (χ2v) is 8.01. The van der Waals surface area contributed by atoms with Crippen LogP contribution in [0.25, 0.3) is 0 Å². The summed E-state index contributed by atoms with van der Waals surface area (Å²) in [5, 5.41) is 10.3. The lowest BCUT2D eigenvalue weighted by Gasteiger charge is -2.39. The third kappa shape index (κ3) is 5.58. The minimum atomic E-state index is 0.000167. The fourth-order valence-corrected chi connectivity index (χ4v) is 3.75. The van der Waals surface area contributed by atoms with E-state index in [4.69, 9.17) is 27.9 Å². The number of halogens is 2. The van der Waals surface area contributed by atoms with Gasteiger partial charge in [0, 0.05) is 58.7 Å². The number of hydrogen-bond donors (Lipinski definition) is 1. The average molecular weight is 428 g/mol. The SMILES string of the molecule is COCCN1CCN(C)C(CC(=O)NC2=NN(c3ccc(Cl)c(Cl)c3)CC2)C1. The molecule has 0 aliphatic carbocycles. The summed E-state index contributed by atoms with van der Waals surface area (Å²) in [5.74, 6) is 0.686. The molecule has 2 aliphatic heterocycles. The molecule has 9 heteroatoms. The Hall–Kier alpha value is -1.38. The standard InChI is InChI=1S/C19H27Cl2N5O2/c1-24-7-8-25(9-10-28-2)13-15(24)12-19(27)22-18-5-6-26(23-18)14-3-4-16(20)17(21)11-14/h3-4,11,15H,5-10,12-13H2,1-2H3,(H,22,23,27). The molecule has 2 aliphatic rings. The molecule has 1 aromatic rings. The van der Waals surface area contributed by atoms with Crippen LogP contribution in [0.5, 0.6) is 0 Å². The van der Waals surface area contributed by atoms with Crippen LogP contribution in [0.15, 0.2) is 23.3 Å². The quantitative estimate of drug-likeness (QED) is 0.754. The summed E-state index contributed by atoms with van der Waals surface area (Å²) in [4.78, 5) is 17.2. The number of carbonyl (C=O) groups excluding carboxylic acids is 1. The Balaban J connectivity index is 1.53. The van der Waals surface area contributed by atoms with Crippen LogP contribution in [0.3, 0.4) is 0 Å². The molecule has 0 bridgehead atoms. The van der Waals surface area contributed by atoms with Crippen LogP contribution < -0.4 is 10.3 Å². The predicted octanol–water partition coefficient (Wildman–Crippen LogP) is 2.29. The second kappa shape index (κ2) is 9.89. The summed E-state index contributed by atoms with van der Waals surface area (Å²) in [7, 11) is 3.79. The van der Waals surface area contributed by atoms with Gasteiger partial charge in [-0.25, -0.2) is 0 Å². The number of hydrazone groups is 1. The fraction of sp³-hybridized carbons (Fsp3) is 0.579. The maximum Gasteiger partial charge on any atom is 0.226 e. The van der Waals surface area contributed by atoms with Gasteiger partial charge < -0.3 is 15.0 Å². The number of carbonyl (C=O) groups is 1. The first-order chi connectivity index (χ1) is 13.5. The summed E-state index contributed by atoms with van der Waals surface area (Å²) in [6.45, 7) is 5.13. The number of nitrogens with zero attached hydrogens (tertiary/aromatic N) is 4. The van der Waals surface area contributed by atoms with E-state index < -0.39 is 0 Å². The highest BCUT2D eigenvalue weighted by Crippen LogP contribution is 2.28. The summed E-state index contributed by atoms with van der Waals surface area (Å²) in [6.07, 6.45) is 1.14. The molecule has 28 heavy (non-hydrogen) atoms. The lowest BCUT2D eigenvalue weighted by molar-refractivity contribution is -0.121. The van der Waals surface area contributed by atoms with Crippen molar-refractivity contribution in [3.63, 3.8) is 0 Å². The van der Waals surface area contributed by atoms with Crippen LogP contribution in [-0.2, 0) is 9.53 Å². The van der Waals surface area contributed by atoms with Gasteiger partial charge in [-0.2, -0.15) is 5.10 Å². The average Bonchev–Trinajstić information content (AvgIpc) is 3.13. The van der Waals surface area contributed by atoms with E-state index in [9.17, 15) is 4.79 Å². The van der Waals surface area contributed by atoms with Crippen LogP contribution >= 0.6 is 23.2 Å². The van der Waals surface area contributed by atoms with E-state index in [-0.39, 0.29) is 11.9 Å². The normalized spacial score (nSPS) is 21.1. The first-order valence-electron chi connectivity index (χ1n) is 9.47. The number of rotatable bonds is 6. The molecule has 1 fully saturated rings. The van der Waals surface area contributed by atoms with Crippen LogP contribution in [0.4, 0.5) is 5.69 Å². The van der Waals surface area contributed by atoms with Crippen molar-refractivity contribution in [2.75, 3.05) is 58.5 Å². The number of amides is 1. The lowest BCUT2D eigenvalue weighted by atomic mass is 10.1. The molecular weight excluding hydrogens is 401 g/mol. The van der Waals surface area contributed by atoms with Gasteiger partial charge in [0.15, 0.2) is 0 Å². The number of ether oxygens (including phenoxy) is 1. The number of amidine groups is 1. The maximum absolute atomic E-state index is 12.6. The molecule has 1 aromatic carbocycles. The topological polar surface area (TPSA) is 60.4 Å². The van der Waals surface area contributed by atoms with Crippen molar-refractivity contribution < 1.29 is 9.53 Å². The number of piperazine rings is 1. The molecule has 1 unspecified atom stereocenters. The molecule has 1 N–H and O–H groups in total. The Labute approximate surface area is 176 Å². The number of benzene rings is 1. The molecular formula is C19H27Cl2N5O2. The Morgan fingerprint density at radius 2 is 2.11 bits per heavy atom. The second-order valence-electron chi connectivity index (χ2n) is 7.20. The van der Waals surface area contributed by atoms with Crippen molar-refractivity contribution >= 4 is 40.6 Å². The summed E-state index contributed by atoms with van der Waals surface area (Å²) < 4.78 is 5.17. The van der Waals surface area contributed by atoms with Crippen molar-refractivity contribution in [2.24, 2.45) is 5.10 Å². The monoisotopic (exact) mass is 427 g/mol. The van der Waals surface area contributed by atoms with Crippen molar-refractivity contribution in [1.29, 1.82) is 0 Å². The van der Waals surface area contributed by atoms with E-state index in [1.165, 1.54) is 0 Å². The van der Waals surface area contributed by atoms with E-state index in [2.05, 4.69) is 27.3 Å². The van der Waals surface area contributed by atoms with Gasteiger partial charge in [-0.15, -0.1) is 0 Å². The lowest BCUT2D eigenvalue weighted by Crippen LogP contribution is -2.53. The molecule has 3 rings (SSSR count).